The highest BCUT2D eigenvalue weighted by atomic mass is 16.6. The van der Waals surface area contributed by atoms with Crippen molar-refractivity contribution in [2.24, 2.45) is 0 Å². The number of H-pyrrole nitrogens is 1. The first-order chi connectivity index (χ1) is 17.9. The number of carbonyl (C=O) groups is 3. The molecule has 10 nitrogen and oxygen atoms in total. The molecule has 1 atom stereocenters. The summed E-state index contributed by atoms with van der Waals surface area (Å²) in [6.45, 7) is 12.2. The van der Waals surface area contributed by atoms with Gasteiger partial charge in [0.05, 0.1) is 36.7 Å². The minimum atomic E-state index is -0.552. The molecule has 206 valence electrons. The second-order valence-electron chi connectivity index (χ2n) is 10.1. The van der Waals surface area contributed by atoms with Crippen molar-refractivity contribution in [3.8, 4) is 5.75 Å². The lowest BCUT2D eigenvalue weighted by Gasteiger charge is -2.24. The molecule has 2 heterocycles. The highest BCUT2D eigenvalue weighted by molar-refractivity contribution is 6.35. The van der Waals surface area contributed by atoms with Gasteiger partial charge in [-0.1, -0.05) is 0 Å². The Bertz CT molecular complexity index is 1210. The van der Waals surface area contributed by atoms with Gasteiger partial charge in [-0.05, 0) is 71.9 Å². The summed E-state index contributed by atoms with van der Waals surface area (Å²) >= 11 is 0. The van der Waals surface area contributed by atoms with E-state index in [-0.39, 0.29) is 18.6 Å². The molecule has 1 aromatic carbocycles. The Hall–Kier alpha value is -3.79. The Kier molecular flexibility index (Phi) is 9.22. The number of benzene rings is 1. The number of carbonyl (C=O) groups excluding carboxylic acids is 3. The van der Waals surface area contributed by atoms with Crippen LogP contribution in [-0.2, 0) is 19.0 Å². The summed E-state index contributed by atoms with van der Waals surface area (Å²) in [7, 11) is 1.66. The first-order valence-corrected chi connectivity index (χ1v) is 12.6. The zero-order valence-corrected chi connectivity index (χ0v) is 23.1. The Labute approximate surface area is 223 Å². The van der Waals surface area contributed by atoms with Crippen LogP contribution in [0.3, 0.4) is 0 Å². The van der Waals surface area contributed by atoms with Crippen molar-refractivity contribution < 1.29 is 33.3 Å². The van der Waals surface area contributed by atoms with Gasteiger partial charge in [0, 0.05) is 30.5 Å². The number of nitrogens with one attached hydrogen (secondary N) is 2. The lowest BCUT2D eigenvalue weighted by atomic mass is 10.0. The standard InChI is InChI=1S/C28H37N3O7/c1-8-36-26(33)22-13-17(2)29-24(22)15-21-20-14-19(9-10-23(20)30-25(21)32)37-18(3)16-35-12-11-31(7)27(34)38-28(4,5)6/h9-10,13-15,18,29H,8,11-12,16H2,1-7H3,(H,30,32)/b21-15-/t18-/m1/s1. The van der Waals surface area contributed by atoms with E-state index in [9.17, 15) is 14.4 Å². The fourth-order valence-corrected chi connectivity index (χ4v) is 3.78. The number of aromatic amines is 1. The normalized spacial score (nSPS) is 14.6. The second-order valence-corrected chi connectivity index (χ2v) is 10.1. The Morgan fingerprint density at radius 2 is 1.92 bits per heavy atom. The van der Waals surface area contributed by atoms with Crippen molar-refractivity contribution in [2.75, 3.05) is 38.7 Å². The van der Waals surface area contributed by atoms with Crippen LogP contribution in [-0.4, -0.2) is 73.0 Å². The third kappa shape index (κ3) is 7.61. The number of nitrogens with zero attached hydrogens (tertiary/aromatic N) is 1. The van der Waals surface area contributed by atoms with Crippen LogP contribution in [0.5, 0.6) is 5.75 Å². The molecule has 38 heavy (non-hydrogen) atoms. The zero-order valence-electron chi connectivity index (χ0n) is 23.1. The van der Waals surface area contributed by atoms with E-state index in [1.165, 1.54) is 4.90 Å². The van der Waals surface area contributed by atoms with E-state index in [1.807, 2.05) is 34.6 Å². The van der Waals surface area contributed by atoms with Gasteiger partial charge in [-0.15, -0.1) is 0 Å². The summed E-state index contributed by atoms with van der Waals surface area (Å²) in [6, 6.07) is 7.03. The number of anilines is 1. The summed E-state index contributed by atoms with van der Waals surface area (Å²) in [5.41, 5.74) is 2.83. The highest BCUT2D eigenvalue weighted by Gasteiger charge is 2.26. The number of hydrogen-bond acceptors (Lipinski definition) is 7. The maximum absolute atomic E-state index is 12.7. The third-order valence-electron chi connectivity index (χ3n) is 5.51. The first-order valence-electron chi connectivity index (χ1n) is 12.6. The molecule has 3 rings (SSSR count). The number of aromatic nitrogens is 1. The van der Waals surface area contributed by atoms with Crippen LogP contribution >= 0.6 is 0 Å². The fourth-order valence-electron chi connectivity index (χ4n) is 3.78. The second kappa shape index (κ2) is 12.2. The molecule has 0 fully saturated rings. The SMILES string of the molecule is CCOC(=O)c1cc(C)[nH]c1/C=C1\C(=O)Nc2ccc(O[C@H](C)COCCN(C)C(=O)OC(C)(C)C)cc21. The van der Waals surface area contributed by atoms with E-state index in [2.05, 4.69) is 10.3 Å². The average Bonchev–Trinajstić information content (AvgIpc) is 3.34. The van der Waals surface area contributed by atoms with Gasteiger partial charge in [-0.25, -0.2) is 9.59 Å². The maximum Gasteiger partial charge on any atom is 0.410 e. The van der Waals surface area contributed by atoms with Crippen molar-refractivity contribution in [3.05, 3.63) is 46.8 Å². The number of fused-ring (bicyclic) bond motifs is 1. The summed E-state index contributed by atoms with van der Waals surface area (Å²) in [6.07, 6.45) is 0.969. The highest BCUT2D eigenvalue weighted by Crippen LogP contribution is 2.36. The molecule has 2 amide bonds. The van der Waals surface area contributed by atoms with Gasteiger partial charge in [0.25, 0.3) is 5.91 Å². The number of rotatable bonds is 10. The number of aryl methyl sites for hydroxylation is 1. The van der Waals surface area contributed by atoms with Crippen LogP contribution in [0.2, 0.25) is 0 Å². The molecule has 0 unspecified atom stereocenters. The molecule has 0 spiro atoms. The summed E-state index contributed by atoms with van der Waals surface area (Å²) < 4.78 is 22.2. The van der Waals surface area contributed by atoms with E-state index >= 15 is 0 Å². The topological polar surface area (TPSA) is 119 Å². The third-order valence-corrected chi connectivity index (χ3v) is 5.51. The quantitative estimate of drug-likeness (QED) is 0.262. The summed E-state index contributed by atoms with van der Waals surface area (Å²) in [5, 5.41) is 2.84. The lowest BCUT2D eigenvalue weighted by molar-refractivity contribution is -0.110. The zero-order chi connectivity index (χ0) is 28.0. The predicted molar refractivity (Wildman–Crippen MR) is 144 cm³/mol. The molecule has 0 aliphatic carbocycles. The van der Waals surface area contributed by atoms with Crippen LogP contribution in [0.15, 0.2) is 24.3 Å². The van der Waals surface area contributed by atoms with Crippen LogP contribution in [0.25, 0.3) is 11.6 Å². The van der Waals surface area contributed by atoms with E-state index in [0.717, 1.165) is 5.69 Å². The maximum atomic E-state index is 12.7. The first kappa shape index (κ1) is 28.8. The molecule has 10 heteroatoms. The van der Waals surface area contributed by atoms with Gasteiger partial charge in [0.15, 0.2) is 0 Å². The van der Waals surface area contributed by atoms with E-state index in [0.29, 0.717) is 53.6 Å². The molecule has 0 saturated carbocycles. The van der Waals surface area contributed by atoms with E-state index in [4.69, 9.17) is 18.9 Å². The van der Waals surface area contributed by atoms with Gasteiger partial charge < -0.3 is 34.1 Å². The molecule has 2 aromatic rings. The Morgan fingerprint density at radius 3 is 2.61 bits per heavy atom. The number of esters is 1. The van der Waals surface area contributed by atoms with Crippen molar-refractivity contribution in [3.63, 3.8) is 0 Å². The van der Waals surface area contributed by atoms with Crippen LogP contribution in [0.1, 0.15) is 61.9 Å². The van der Waals surface area contributed by atoms with Crippen molar-refractivity contribution >= 4 is 35.3 Å². The Balaban J connectivity index is 1.62. The fraction of sp³-hybridized carbons (Fsp3) is 0.464. The molecule has 1 aromatic heterocycles. The smallest absolute Gasteiger partial charge is 0.410 e. The van der Waals surface area contributed by atoms with Gasteiger partial charge in [0.2, 0.25) is 0 Å². The van der Waals surface area contributed by atoms with Crippen molar-refractivity contribution in [1.29, 1.82) is 0 Å². The minimum Gasteiger partial charge on any atom is -0.488 e. The summed E-state index contributed by atoms with van der Waals surface area (Å²) in [5.74, 6) is -0.156. The molecular weight excluding hydrogens is 490 g/mol. The van der Waals surface area contributed by atoms with E-state index < -0.39 is 17.7 Å². The van der Waals surface area contributed by atoms with Crippen LogP contribution < -0.4 is 10.1 Å². The van der Waals surface area contributed by atoms with Crippen LogP contribution in [0.4, 0.5) is 10.5 Å². The number of ether oxygens (including phenoxy) is 4. The molecule has 0 saturated heterocycles. The molecule has 2 N–H and O–H groups in total. The van der Waals surface area contributed by atoms with Gasteiger partial charge >= 0.3 is 12.1 Å². The molecular formula is C28H37N3O7. The number of hydrogen-bond donors (Lipinski definition) is 2. The van der Waals surface area contributed by atoms with Crippen LogP contribution in [0, 0.1) is 6.92 Å². The monoisotopic (exact) mass is 527 g/mol. The van der Waals surface area contributed by atoms with Crippen molar-refractivity contribution in [2.45, 2.75) is 53.2 Å². The van der Waals surface area contributed by atoms with Gasteiger partial charge in [-0.3, -0.25) is 4.79 Å². The Morgan fingerprint density at radius 1 is 1.18 bits per heavy atom. The van der Waals surface area contributed by atoms with Gasteiger partial charge in [-0.2, -0.15) is 0 Å². The van der Waals surface area contributed by atoms with Gasteiger partial charge in [0.1, 0.15) is 17.5 Å². The van der Waals surface area contributed by atoms with Crippen molar-refractivity contribution in [1.82, 2.24) is 9.88 Å². The lowest BCUT2D eigenvalue weighted by Crippen LogP contribution is -2.36. The minimum absolute atomic E-state index is 0.255. The van der Waals surface area contributed by atoms with E-state index in [1.54, 1.807) is 44.3 Å². The number of amides is 2. The molecule has 0 bridgehead atoms. The largest absolute Gasteiger partial charge is 0.488 e. The predicted octanol–water partition coefficient (Wildman–Crippen LogP) is 4.64. The number of likely N-dealkylation sites (N-methyl/N-ethyl adjacent to an activating group) is 1. The molecule has 1 aliphatic heterocycles. The summed E-state index contributed by atoms with van der Waals surface area (Å²) in [4.78, 5) is 41.7. The molecule has 0 radical (unpaired) electrons. The average molecular weight is 528 g/mol. The molecule has 1 aliphatic rings.